The van der Waals surface area contributed by atoms with E-state index in [1.54, 1.807) is 13.8 Å². The van der Waals surface area contributed by atoms with Gasteiger partial charge in [-0.3, -0.25) is 4.79 Å². The molecule has 0 fully saturated rings. The molecular formula is C7H14O4. The van der Waals surface area contributed by atoms with E-state index in [0.29, 0.717) is 0 Å². The maximum absolute atomic E-state index is 10.6. The lowest BCUT2D eigenvalue weighted by Crippen LogP contribution is -2.38. The Balaban J connectivity index is 4.01. The molecule has 4 heteroatoms. The third-order valence-corrected chi connectivity index (χ3v) is 1.49. The first-order valence-corrected chi connectivity index (χ1v) is 3.50. The number of hydrogen-bond donors (Lipinski definition) is 3. The van der Waals surface area contributed by atoms with Gasteiger partial charge < -0.3 is 15.3 Å². The van der Waals surface area contributed by atoms with Gasteiger partial charge in [-0.1, -0.05) is 13.8 Å². The molecule has 11 heavy (non-hydrogen) atoms. The molecular weight excluding hydrogens is 148 g/mol. The maximum Gasteiger partial charge on any atom is 0.189 e. The standard InChI is InChI=1S/C7H14O4/c1-4(2)6(10)7(11)5(9)3-8/h4,6-8,10-11H,3H2,1-2H3/t6-,7-/m1/s1. The van der Waals surface area contributed by atoms with E-state index in [0.717, 1.165) is 0 Å². The van der Waals surface area contributed by atoms with Crippen LogP contribution in [0.3, 0.4) is 0 Å². The van der Waals surface area contributed by atoms with Crippen LogP contribution in [0, 0.1) is 5.92 Å². The molecule has 0 rings (SSSR count). The van der Waals surface area contributed by atoms with Gasteiger partial charge in [0.1, 0.15) is 12.7 Å². The van der Waals surface area contributed by atoms with Crippen molar-refractivity contribution in [1.29, 1.82) is 0 Å². The van der Waals surface area contributed by atoms with E-state index in [1.807, 2.05) is 0 Å². The second kappa shape index (κ2) is 4.43. The molecule has 3 N–H and O–H groups in total. The van der Waals surface area contributed by atoms with E-state index in [-0.39, 0.29) is 5.92 Å². The zero-order chi connectivity index (χ0) is 9.02. The molecule has 4 nitrogen and oxygen atoms in total. The number of aliphatic hydroxyl groups excluding tert-OH is 3. The molecule has 66 valence electrons. The summed E-state index contributed by atoms with van der Waals surface area (Å²) in [6, 6.07) is 0. The molecule has 0 radical (unpaired) electrons. The van der Waals surface area contributed by atoms with E-state index in [2.05, 4.69) is 0 Å². The largest absolute Gasteiger partial charge is 0.390 e. The number of ketones is 1. The van der Waals surface area contributed by atoms with Crippen LogP contribution in [-0.4, -0.2) is 39.9 Å². The van der Waals surface area contributed by atoms with E-state index < -0.39 is 24.6 Å². The van der Waals surface area contributed by atoms with Crippen molar-refractivity contribution in [2.24, 2.45) is 5.92 Å². The summed E-state index contributed by atoms with van der Waals surface area (Å²) in [5, 5.41) is 26.4. The fourth-order valence-electron chi connectivity index (χ4n) is 0.649. The topological polar surface area (TPSA) is 77.8 Å². The number of carbonyl (C=O) groups is 1. The predicted molar refractivity (Wildman–Crippen MR) is 38.9 cm³/mol. The van der Waals surface area contributed by atoms with Crippen molar-refractivity contribution >= 4 is 5.78 Å². The lowest BCUT2D eigenvalue weighted by molar-refractivity contribution is -0.137. The van der Waals surface area contributed by atoms with Crippen LogP contribution in [0.4, 0.5) is 0 Å². The molecule has 0 aliphatic carbocycles. The lowest BCUT2D eigenvalue weighted by atomic mass is 9.99. The van der Waals surface area contributed by atoms with Gasteiger partial charge in [0.05, 0.1) is 6.10 Å². The molecule has 0 saturated carbocycles. The lowest BCUT2D eigenvalue weighted by Gasteiger charge is -2.18. The summed E-state index contributed by atoms with van der Waals surface area (Å²) in [7, 11) is 0. The van der Waals surface area contributed by atoms with Crippen molar-refractivity contribution in [3.05, 3.63) is 0 Å². The second-order valence-electron chi connectivity index (χ2n) is 2.80. The molecule has 0 aromatic heterocycles. The average Bonchev–Trinajstić information content (AvgIpc) is 2.00. The summed E-state index contributed by atoms with van der Waals surface area (Å²) in [6.45, 7) is 2.63. The first-order chi connectivity index (χ1) is 5.00. The minimum Gasteiger partial charge on any atom is -0.390 e. The summed E-state index contributed by atoms with van der Waals surface area (Å²) >= 11 is 0. The summed E-state index contributed by atoms with van der Waals surface area (Å²) in [4.78, 5) is 10.6. The van der Waals surface area contributed by atoms with E-state index in [4.69, 9.17) is 15.3 Å². The smallest absolute Gasteiger partial charge is 0.189 e. The van der Waals surface area contributed by atoms with Crippen LogP contribution < -0.4 is 0 Å². The molecule has 2 atom stereocenters. The summed E-state index contributed by atoms with van der Waals surface area (Å²) in [6.07, 6.45) is -2.55. The molecule has 0 aromatic carbocycles. The van der Waals surface area contributed by atoms with Crippen molar-refractivity contribution in [3.8, 4) is 0 Å². The van der Waals surface area contributed by atoms with E-state index in [9.17, 15) is 4.79 Å². The number of Topliss-reactive ketones (excluding diaryl/α,β-unsaturated/α-hetero) is 1. The normalized spacial score (nSPS) is 16.5. The van der Waals surface area contributed by atoms with Crippen LogP contribution >= 0.6 is 0 Å². The third-order valence-electron chi connectivity index (χ3n) is 1.49. The number of rotatable bonds is 4. The molecule has 0 amide bonds. The van der Waals surface area contributed by atoms with Crippen LogP contribution in [0.5, 0.6) is 0 Å². The number of hydrogen-bond acceptors (Lipinski definition) is 4. The zero-order valence-electron chi connectivity index (χ0n) is 6.69. The van der Waals surface area contributed by atoms with Crippen molar-refractivity contribution in [2.75, 3.05) is 6.61 Å². The van der Waals surface area contributed by atoms with Crippen molar-refractivity contribution < 1.29 is 20.1 Å². The Morgan fingerprint density at radius 2 is 1.82 bits per heavy atom. The highest BCUT2D eigenvalue weighted by Crippen LogP contribution is 2.06. The second-order valence-corrected chi connectivity index (χ2v) is 2.80. The van der Waals surface area contributed by atoms with Crippen molar-refractivity contribution in [2.45, 2.75) is 26.1 Å². The minimum absolute atomic E-state index is 0.194. The fraction of sp³-hybridized carbons (Fsp3) is 0.857. The van der Waals surface area contributed by atoms with Gasteiger partial charge in [0.15, 0.2) is 5.78 Å². The van der Waals surface area contributed by atoms with Crippen LogP contribution in [0.2, 0.25) is 0 Å². The van der Waals surface area contributed by atoms with Crippen LogP contribution in [0.1, 0.15) is 13.8 Å². The van der Waals surface area contributed by atoms with E-state index in [1.165, 1.54) is 0 Å². The molecule has 0 bridgehead atoms. The average molecular weight is 162 g/mol. The zero-order valence-corrected chi connectivity index (χ0v) is 6.69. The maximum atomic E-state index is 10.6. The highest BCUT2D eigenvalue weighted by molar-refractivity contribution is 5.84. The first-order valence-electron chi connectivity index (χ1n) is 3.50. The Bertz CT molecular complexity index is 132. The highest BCUT2D eigenvalue weighted by atomic mass is 16.3. The summed E-state index contributed by atoms with van der Waals surface area (Å²) in [5.41, 5.74) is 0. The molecule has 0 aliphatic rings. The SMILES string of the molecule is CC(C)[C@@H](O)[C@H](O)C(=O)CO. The van der Waals surface area contributed by atoms with Gasteiger partial charge in [0.25, 0.3) is 0 Å². The Morgan fingerprint density at radius 1 is 1.36 bits per heavy atom. The Hall–Kier alpha value is -0.450. The molecule has 0 saturated heterocycles. The van der Waals surface area contributed by atoms with Crippen molar-refractivity contribution in [1.82, 2.24) is 0 Å². The van der Waals surface area contributed by atoms with Gasteiger partial charge in [0, 0.05) is 0 Å². The predicted octanol–water partition coefficient (Wildman–Crippen LogP) is -1.07. The van der Waals surface area contributed by atoms with Crippen LogP contribution in [0.15, 0.2) is 0 Å². The highest BCUT2D eigenvalue weighted by Gasteiger charge is 2.25. The Labute approximate surface area is 65.5 Å². The number of carbonyl (C=O) groups excluding carboxylic acids is 1. The number of aliphatic hydroxyl groups is 3. The van der Waals surface area contributed by atoms with Gasteiger partial charge in [-0.15, -0.1) is 0 Å². The first kappa shape index (κ1) is 10.6. The van der Waals surface area contributed by atoms with Crippen LogP contribution in [-0.2, 0) is 4.79 Å². The summed E-state index contributed by atoms with van der Waals surface area (Å²) in [5.74, 6) is -0.938. The van der Waals surface area contributed by atoms with E-state index >= 15 is 0 Å². The van der Waals surface area contributed by atoms with Gasteiger partial charge in [0.2, 0.25) is 0 Å². The van der Waals surface area contributed by atoms with Crippen molar-refractivity contribution in [3.63, 3.8) is 0 Å². The van der Waals surface area contributed by atoms with Gasteiger partial charge >= 0.3 is 0 Å². The molecule has 0 aliphatic heterocycles. The minimum atomic E-state index is -1.46. The van der Waals surface area contributed by atoms with Gasteiger partial charge in [-0.05, 0) is 5.92 Å². The monoisotopic (exact) mass is 162 g/mol. The van der Waals surface area contributed by atoms with Crippen LogP contribution in [0.25, 0.3) is 0 Å². The molecule has 0 heterocycles. The quantitative estimate of drug-likeness (QED) is 0.491. The fourth-order valence-corrected chi connectivity index (χ4v) is 0.649. The van der Waals surface area contributed by atoms with Gasteiger partial charge in [-0.25, -0.2) is 0 Å². The van der Waals surface area contributed by atoms with Gasteiger partial charge in [-0.2, -0.15) is 0 Å². The Morgan fingerprint density at radius 3 is 2.09 bits per heavy atom. The molecule has 0 aromatic rings. The molecule has 0 spiro atoms. The summed E-state index contributed by atoms with van der Waals surface area (Å²) < 4.78 is 0. The molecule has 0 unspecified atom stereocenters. The third kappa shape index (κ3) is 2.96. The Kier molecular flexibility index (Phi) is 4.25.